The Bertz CT molecular complexity index is 1630. The highest BCUT2D eigenvalue weighted by atomic mass is 35.5. The van der Waals surface area contributed by atoms with Gasteiger partial charge in [0.15, 0.2) is 0 Å². The predicted molar refractivity (Wildman–Crippen MR) is 139 cm³/mol. The highest BCUT2D eigenvalue weighted by molar-refractivity contribution is 7.92. The molecule has 0 saturated carbocycles. The number of nitrogens with one attached hydrogen (secondary N) is 1. The number of phenols is 1. The monoisotopic (exact) mass is 561 g/mol. The Kier molecular flexibility index (Phi) is 7.61. The highest BCUT2D eigenvalue weighted by Gasteiger charge is 2.35. The molecule has 2 N–H and O–H groups in total. The van der Waals surface area contributed by atoms with Crippen molar-refractivity contribution in [3.05, 3.63) is 101 Å². The molecule has 38 heavy (non-hydrogen) atoms. The van der Waals surface area contributed by atoms with E-state index < -0.39 is 44.9 Å². The minimum absolute atomic E-state index is 0.101. The molecule has 0 bridgehead atoms. The zero-order chi connectivity index (χ0) is 27.5. The molecule has 12 heteroatoms. The lowest BCUT2D eigenvalue weighted by Crippen LogP contribution is -2.39. The number of phenolic OH excluding ortho intramolecular Hbond substituents is 1. The van der Waals surface area contributed by atoms with Crippen molar-refractivity contribution < 1.29 is 31.5 Å². The lowest BCUT2D eigenvalue weighted by molar-refractivity contribution is -0.137. The molecule has 0 aliphatic rings. The second-order valence-electron chi connectivity index (χ2n) is 8.00. The van der Waals surface area contributed by atoms with Gasteiger partial charge in [0.05, 0.1) is 27.4 Å². The Morgan fingerprint density at radius 2 is 1.68 bits per heavy atom. The van der Waals surface area contributed by atoms with Gasteiger partial charge >= 0.3 is 6.18 Å². The summed E-state index contributed by atoms with van der Waals surface area (Å²) in [5.74, 6) is -1.04. The van der Waals surface area contributed by atoms with Crippen LogP contribution in [-0.2, 0) is 21.0 Å². The van der Waals surface area contributed by atoms with Crippen molar-refractivity contribution in [1.82, 2.24) is 5.43 Å². The lowest BCUT2D eigenvalue weighted by Gasteiger charge is -2.24. The van der Waals surface area contributed by atoms with Crippen LogP contribution in [0.1, 0.15) is 11.1 Å². The minimum atomic E-state index is -4.86. The number of benzene rings is 4. The maximum atomic E-state index is 13.5. The second-order valence-corrected chi connectivity index (χ2v) is 10.3. The SMILES string of the molecule is O=C(CN(c1ccc(Cl)c(C(F)(F)F)c1)S(=O)(=O)c1ccccc1)N/N=C\c1c(O)ccc2ccccc12. The van der Waals surface area contributed by atoms with Crippen LogP contribution in [-0.4, -0.2) is 32.2 Å². The second kappa shape index (κ2) is 10.7. The number of aromatic hydroxyl groups is 1. The van der Waals surface area contributed by atoms with E-state index in [2.05, 4.69) is 10.5 Å². The zero-order valence-corrected chi connectivity index (χ0v) is 20.9. The summed E-state index contributed by atoms with van der Waals surface area (Å²) < 4.78 is 67.7. The number of fused-ring (bicyclic) bond motifs is 1. The molecule has 0 atom stereocenters. The largest absolute Gasteiger partial charge is 0.507 e. The third-order valence-corrected chi connectivity index (χ3v) is 7.61. The summed E-state index contributed by atoms with van der Waals surface area (Å²) in [6, 6.07) is 19.8. The van der Waals surface area contributed by atoms with Crippen LogP contribution in [0.5, 0.6) is 5.75 Å². The van der Waals surface area contributed by atoms with Gasteiger partial charge in [-0.3, -0.25) is 9.10 Å². The smallest absolute Gasteiger partial charge is 0.417 e. The summed E-state index contributed by atoms with van der Waals surface area (Å²) in [5.41, 5.74) is 0.803. The summed E-state index contributed by atoms with van der Waals surface area (Å²) in [5, 5.41) is 14.9. The average Bonchev–Trinajstić information content (AvgIpc) is 2.89. The van der Waals surface area contributed by atoms with Crippen molar-refractivity contribution in [3.63, 3.8) is 0 Å². The van der Waals surface area contributed by atoms with Crippen molar-refractivity contribution in [2.24, 2.45) is 5.10 Å². The molecule has 1 amide bonds. The Hall–Kier alpha value is -4.09. The fourth-order valence-electron chi connectivity index (χ4n) is 3.67. The first kappa shape index (κ1) is 27.0. The van der Waals surface area contributed by atoms with Gasteiger partial charge in [0.25, 0.3) is 15.9 Å². The normalized spacial score (nSPS) is 12.1. The molecule has 0 fully saturated rings. The molecule has 0 spiro atoms. The van der Waals surface area contributed by atoms with Crippen LogP contribution in [0.3, 0.4) is 0 Å². The molecule has 4 aromatic carbocycles. The fourth-order valence-corrected chi connectivity index (χ4v) is 5.33. The lowest BCUT2D eigenvalue weighted by atomic mass is 10.0. The quantitative estimate of drug-likeness (QED) is 0.228. The van der Waals surface area contributed by atoms with E-state index in [4.69, 9.17) is 11.6 Å². The number of carbonyl (C=O) groups excluding carboxylic acids is 1. The first-order valence-corrected chi connectivity index (χ1v) is 12.8. The molecular weight excluding hydrogens is 543 g/mol. The number of anilines is 1. The van der Waals surface area contributed by atoms with E-state index in [1.54, 1.807) is 24.3 Å². The van der Waals surface area contributed by atoms with E-state index in [1.165, 1.54) is 36.5 Å². The topological polar surface area (TPSA) is 99.1 Å². The molecule has 0 aliphatic carbocycles. The number of alkyl halides is 3. The van der Waals surface area contributed by atoms with Crippen molar-refractivity contribution in [3.8, 4) is 5.75 Å². The third-order valence-electron chi connectivity index (χ3n) is 5.49. The number of sulfonamides is 1. The Morgan fingerprint density at radius 3 is 2.39 bits per heavy atom. The first-order chi connectivity index (χ1) is 18.0. The van der Waals surface area contributed by atoms with Gasteiger partial charge in [-0.2, -0.15) is 18.3 Å². The van der Waals surface area contributed by atoms with Gasteiger partial charge in [0.2, 0.25) is 0 Å². The van der Waals surface area contributed by atoms with E-state index in [-0.39, 0.29) is 10.6 Å². The minimum Gasteiger partial charge on any atom is -0.507 e. The molecule has 0 aromatic heterocycles. The van der Waals surface area contributed by atoms with E-state index in [9.17, 15) is 31.5 Å². The van der Waals surface area contributed by atoms with Crippen LogP contribution in [0.25, 0.3) is 10.8 Å². The molecule has 4 rings (SSSR count). The number of nitrogens with zero attached hydrogens (tertiary/aromatic N) is 2. The van der Waals surface area contributed by atoms with Crippen LogP contribution >= 0.6 is 11.6 Å². The summed E-state index contributed by atoms with van der Waals surface area (Å²) in [6.07, 6.45) is -3.67. The molecule has 196 valence electrons. The van der Waals surface area contributed by atoms with E-state index >= 15 is 0 Å². The summed E-state index contributed by atoms with van der Waals surface area (Å²) in [7, 11) is -4.47. The molecule has 7 nitrogen and oxygen atoms in total. The Morgan fingerprint density at radius 1 is 1.00 bits per heavy atom. The van der Waals surface area contributed by atoms with Crippen LogP contribution in [0.15, 0.2) is 94.9 Å². The van der Waals surface area contributed by atoms with Crippen molar-refractivity contribution in [1.29, 1.82) is 0 Å². The molecule has 0 unspecified atom stereocenters. The first-order valence-electron chi connectivity index (χ1n) is 11.0. The van der Waals surface area contributed by atoms with E-state index in [0.717, 1.165) is 17.5 Å². The van der Waals surface area contributed by atoms with Gasteiger partial charge in [-0.15, -0.1) is 0 Å². The van der Waals surface area contributed by atoms with E-state index in [0.29, 0.717) is 21.3 Å². The zero-order valence-electron chi connectivity index (χ0n) is 19.4. The van der Waals surface area contributed by atoms with Crippen LogP contribution in [0.2, 0.25) is 5.02 Å². The molecule has 0 aliphatic heterocycles. The van der Waals surface area contributed by atoms with Crippen molar-refractivity contribution in [2.45, 2.75) is 11.1 Å². The predicted octanol–water partition coefficient (Wildman–Crippen LogP) is 5.56. The number of rotatable bonds is 7. The number of hydrogen-bond acceptors (Lipinski definition) is 5. The van der Waals surface area contributed by atoms with Crippen LogP contribution in [0.4, 0.5) is 18.9 Å². The summed E-state index contributed by atoms with van der Waals surface area (Å²) >= 11 is 5.70. The number of hydrazone groups is 1. The molecule has 0 heterocycles. The van der Waals surface area contributed by atoms with Gasteiger partial charge in [0, 0.05) is 5.56 Å². The van der Waals surface area contributed by atoms with Gasteiger partial charge in [0.1, 0.15) is 12.3 Å². The maximum Gasteiger partial charge on any atom is 0.417 e. The fraction of sp³-hybridized carbons (Fsp3) is 0.0769. The highest BCUT2D eigenvalue weighted by Crippen LogP contribution is 2.38. The Labute approximate surface area is 220 Å². The molecular formula is C26H19ClF3N3O4S. The van der Waals surface area contributed by atoms with E-state index in [1.807, 2.05) is 12.1 Å². The number of halogens is 4. The third kappa shape index (κ3) is 5.74. The van der Waals surface area contributed by atoms with Crippen LogP contribution in [0, 0.1) is 0 Å². The number of carbonyl (C=O) groups is 1. The molecule has 4 aromatic rings. The van der Waals surface area contributed by atoms with Crippen LogP contribution < -0.4 is 9.73 Å². The van der Waals surface area contributed by atoms with Gasteiger partial charge < -0.3 is 5.11 Å². The average molecular weight is 562 g/mol. The summed E-state index contributed by atoms with van der Waals surface area (Å²) in [6.45, 7) is -0.894. The Balaban J connectivity index is 1.66. The van der Waals surface area contributed by atoms with Gasteiger partial charge in [-0.1, -0.05) is 60.1 Å². The van der Waals surface area contributed by atoms with Crippen molar-refractivity contribution in [2.75, 3.05) is 10.8 Å². The van der Waals surface area contributed by atoms with Gasteiger partial charge in [-0.05, 0) is 47.2 Å². The van der Waals surface area contributed by atoms with Gasteiger partial charge in [-0.25, -0.2) is 13.8 Å². The molecule has 0 radical (unpaired) electrons. The van der Waals surface area contributed by atoms with Crippen molar-refractivity contribution >= 4 is 50.2 Å². The number of hydrogen-bond donors (Lipinski definition) is 2. The summed E-state index contributed by atoms with van der Waals surface area (Å²) in [4.78, 5) is 12.5. The standard InChI is InChI=1S/C26H19ClF3N3O4S/c27-23-12-11-18(14-22(23)26(28,29)30)33(38(36,37)19-7-2-1-3-8-19)16-25(35)32-31-15-21-20-9-5-4-6-17(20)10-13-24(21)34/h1-15,34H,16H2,(H,32,35)/b31-15-. The molecule has 0 saturated heterocycles. The maximum absolute atomic E-state index is 13.5. The number of amides is 1.